The Balaban J connectivity index is 2.30. The third-order valence-corrected chi connectivity index (χ3v) is 3.22. The van der Waals surface area contributed by atoms with Crippen LogP contribution < -0.4 is 5.32 Å². The van der Waals surface area contributed by atoms with Gasteiger partial charge in [-0.05, 0) is 18.5 Å². The molecule has 2 atom stereocenters. The highest BCUT2D eigenvalue weighted by Crippen LogP contribution is 2.34. The smallest absolute Gasteiger partial charge is 0.0946 e. The van der Waals surface area contributed by atoms with Gasteiger partial charge in [0.15, 0.2) is 0 Å². The van der Waals surface area contributed by atoms with Gasteiger partial charge in [0, 0.05) is 12.5 Å². The summed E-state index contributed by atoms with van der Waals surface area (Å²) in [4.78, 5) is 0. The summed E-state index contributed by atoms with van der Waals surface area (Å²) in [5.74, 6) is 0.277. The van der Waals surface area contributed by atoms with Crippen LogP contribution in [-0.2, 0) is 5.60 Å². The molecule has 1 aliphatic rings. The molecule has 0 bridgehead atoms. The number of piperidine rings is 1. The molecule has 1 fully saturated rings. The highest BCUT2D eigenvalue weighted by atomic mass is 16.3. The molecule has 1 heterocycles. The Morgan fingerprint density at radius 2 is 2.07 bits per heavy atom. The zero-order chi connectivity index (χ0) is 10.0. The predicted octanol–water partition coefficient (Wildman–Crippen LogP) is 1.50. The van der Waals surface area contributed by atoms with Crippen LogP contribution in [0, 0.1) is 5.92 Å². The summed E-state index contributed by atoms with van der Waals surface area (Å²) in [5, 5.41) is 13.9. The van der Waals surface area contributed by atoms with E-state index >= 15 is 0 Å². The second-order valence-electron chi connectivity index (χ2n) is 4.15. The van der Waals surface area contributed by atoms with E-state index in [2.05, 4.69) is 12.2 Å². The average Bonchev–Trinajstić information content (AvgIpc) is 2.24. The van der Waals surface area contributed by atoms with Crippen LogP contribution in [0.25, 0.3) is 0 Å². The number of hydrogen-bond acceptors (Lipinski definition) is 2. The molecule has 2 rings (SSSR count). The summed E-state index contributed by atoms with van der Waals surface area (Å²) in [6.07, 6.45) is 0.804. The van der Waals surface area contributed by atoms with Gasteiger partial charge < -0.3 is 10.4 Å². The normalized spacial score (nSPS) is 32.9. The van der Waals surface area contributed by atoms with Crippen LogP contribution in [-0.4, -0.2) is 18.2 Å². The molecular formula is C12H17NO. The fourth-order valence-electron chi connectivity index (χ4n) is 2.17. The molecule has 2 nitrogen and oxygen atoms in total. The second-order valence-corrected chi connectivity index (χ2v) is 4.15. The Morgan fingerprint density at radius 1 is 1.36 bits per heavy atom. The summed E-state index contributed by atoms with van der Waals surface area (Å²) in [5.41, 5.74) is 0.418. The van der Waals surface area contributed by atoms with Gasteiger partial charge in [0.1, 0.15) is 0 Å². The van der Waals surface area contributed by atoms with Gasteiger partial charge in [-0.2, -0.15) is 0 Å². The van der Waals surface area contributed by atoms with Crippen LogP contribution in [0.1, 0.15) is 18.9 Å². The summed E-state index contributed by atoms with van der Waals surface area (Å²) in [6.45, 7) is 3.89. The second kappa shape index (κ2) is 3.71. The molecule has 2 N–H and O–H groups in total. The Bertz CT molecular complexity index is 298. The van der Waals surface area contributed by atoms with Crippen LogP contribution in [0.5, 0.6) is 0 Å². The Hall–Kier alpha value is -0.860. The van der Waals surface area contributed by atoms with Gasteiger partial charge in [0.25, 0.3) is 0 Å². The van der Waals surface area contributed by atoms with Crippen molar-refractivity contribution >= 4 is 0 Å². The van der Waals surface area contributed by atoms with Crippen molar-refractivity contribution in [3.05, 3.63) is 35.9 Å². The van der Waals surface area contributed by atoms with Crippen LogP contribution in [0.15, 0.2) is 30.3 Å². The lowest BCUT2D eigenvalue weighted by Gasteiger charge is -2.39. The zero-order valence-corrected chi connectivity index (χ0v) is 8.53. The first-order valence-corrected chi connectivity index (χ1v) is 5.22. The fourth-order valence-corrected chi connectivity index (χ4v) is 2.17. The van der Waals surface area contributed by atoms with Crippen LogP contribution >= 0.6 is 0 Å². The molecule has 76 valence electrons. The van der Waals surface area contributed by atoms with Crippen molar-refractivity contribution in [2.75, 3.05) is 13.1 Å². The van der Waals surface area contributed by atoms with Crippen molar-refractivity contribution in [3.8, 4) is 0 Å². The molecule has 1 aromatic carbocycles. The first kappa shape index (κ1) is 9.69. The van der Waals surface area contributed by atoms with Crippen molar-refractivity contribution in [1.82, 2.24) is 5.32 Å². The number of aliphatic hydroxyl groups is 1. The van der Waals surface area contributed by atoms with Crippen molar-refractivity contribution in [2.45, 2.75) is 18.9 Å². The van der Waals surface area contributed by atoms with Crippen molar-refractivity contribution in [2.24, 2.45) is 5.92 Å². The van der Waals surface area contributed by atoms with E-state index in [9.17, 15) is 5.11 Å². The SMILES string of the molecule is C[C@H]1CNCC[C@]1(O)c1ccccc1. The molecule has 1 saturated heterocycles. The van der Waals surface area contributed by atoms with Gasteiger partial charge in [-0.3, -0.25) is 0 Å². The maximum absolute atomic E-state index is 10.6. The molecule has 0 aliphatic carbocycles. The van der Waals surface area contributed by atoms with Gasteiger partial charge in [-0.25, -0.2) is 0 Å². The molecule has 0 amide bonds. The maximum Gasteiger partial charge on any atom is 0.0946 e. The van der Waals surface area contributed by atoms with E-state index < -0.39 is 5.60 Å². The van der Waals surface area contributed by atoms with E-state index in [1.165, 1.54) is 0 Å². The highest BCUT2D eigenvalue weighted by molar-refractivity contribution is 5.23. The van der Waals surface area contributed by atoms with E-state index in [1.54, 1.807) is 0 Å². The lowest BCUT2D eigenvalue weighted by Crippen LogP contribution is -2.46. The number of nitrogens with one attached hydrogen (secondary N) is 1. The summed E-state index contributed by atoms with van der Waals surface area (Å²) in [7, 11) is 0. The van der Waals surface area contributed by atoms with Crippen LogP contribution in [0.2, 0.25) is 0 Å². The van der Waals surface area contributed by atoms with E-state index in [0.29, 0.717) is 0 Å². The molecule has 0 saturated carbocycles. The Kier molecular flexibility index (Phi) is 2.57. The molecule has 14 heavy (non-hydrogen) atoms. The molecule has 0 aromatic heterocycles. The first-order chi connectivity index (χ1) is 6.73. The average molecular weight is 191 g/mol. The third-order valence-electron chi connectivity index (χ3n) is 3.22. The van der Waals surface area contributed by atoms with Crippen molar-refractivity contribution in [3.63, 3.8) is 0 Å². The third kappa shape index (κ3) is 1.56. The highest BCUT2D eigenvalue weighted by Gasteiger charge is 2.37. The quantitative estimate of drug-likeness (QED) is 0.705. The minimum atomic E-state index is -0.632. The van der Waals surface area contributed by atoms with Crippen molar-refractivity contribution in [1.29, 1.82) is 0 Å². The zero-order valence-electron chi connectivity index (χ0n) is 8.53. The molecule has 2 heteroatoms. The minimum Gasteiger partial charge on any atom is -0.385 e. The van der Waals surface area contributed by atoms with E-state index in [0.717, 1.165) is 25.1 Å². The summed E-state index contributed by atoms with van der Waals surface area (Å²) in [6, 6.07) is 9.99. The van der Waals surface area contributed by atoms with E-state index in [4.69, 9.17) is 0 Å². The number of rotatable bonds is 1. The van der Waals surface area contributed by atoms with Crippen LogP contribution in [0.3, 0.4) is 0 Å². The molecule has 0 unspecified atom stereocenters. The molecule has 1 aliphatic heterocycles. The molecule has 0 spiro atoms. The minimum absolute atomic E-state index is 0.277. The first-order valence-electron chi connectivity index (χ1n) is 5.22. The van der Waals surface area contributed by atoms with E-state index in [-0.39, 0.29) is 5.92 Å². The lowest BCUT2D eigenvalue weighted by molar-refractivity contribution is -0.0392. The predicted molar refractivity (Wildman–Crippen MR) is 57.0 cm³/mol. The summed E-state index contributed by atoms with van der Waals surface area (Å²) < 4.78 is 0. The fraction of sp³-hybridized carbons (Fsp3) is 0.500. The molecule has 1 aromatic rings. The van der Waals surface area contributed by atoms with Gasteiger partial charge in [0.2, 0.25) is 0 Å². The lowest BCUT2D eigenvalue weighted by atomic mass is 9.78. The summed E-state index contributed by atoms with van der Waals surface area (Å²) >= 11 is 0. The number of benzene rings is 1. The van der Waals surface area contributed by atoms with Gasteiger partial charge in [0.05, 0.1) is 5.60 Å². The largest absolute Gasteiger partial charge is 0.385 e. The van der Waals surface area contributed by atoms with Crippen molar-refractivity contribution < 1.29 is 5.11 Å². The molecular weight excluding hydrogens is 174 g/mol. The molecule has 0 radical (unpaired) electrons. The number of hydrogen-bond donors (Lipinski definition) is 2. The topological polar surface area (TPSA) is 32.3 Å². The Labute approximate surface area is 85.0 Å². The van der Waals surface area contributed by atoms with Gasteiger partial charge in [-0.15, -0.1) is 0 Å². The standard InChI is InChI=1S/C12H17NO/c1-10-9-13-8-7-12(10,14)11-5-3-2-4-6-11/h2-6,10,13-14H,7-9H2,1H3/t10-,12+/m0/s1. The monoisotopic (exact) mass is 191 g/mol. The van der Waals surface area contributed by atoms with Gasteiger partial charge >= 0.3 is 0 Å². The Morgan fingerprint density at radius 3 is 2.71 bits per heavy atom. The van der Waals surface area contributed by atoms with E-state index in [1.807, 2.05) is 30.3 Å². The van der Waals surface area contributed by atoms with Gasteiger partial charge in [-0.1, -0.05) is 37.3 Å². The van der Waals surface area contributed by atoms with Crippen LogP contribution in [0.4, 0.5) is 0 Å². The maximum atomic E-state index is 10.6.